The third-order valence-corrected chi connectivity index (χ3v) is 5.96. The quantitative estimate of drug-likeness (QED) is 0.455. The minimum atomic E-state index is -1.01. The highest BCUT2D eigenvalue weighted by atomic mass is 35.5. The van der Waals surface area contributed by atoms with E-state index in [1.807, 2.05) is 51.1 Å². The molecule has 0 aliphatic heterocycles. The molecule has 1 atom stereocenters. The number of halogens is 1. The summed E-state index contributed by atoms with van der Waals surface area (Å²) in [5.74, 6) is -1.75. The molecule has 0 aliphatic carbocycles. The van der Waals surface area contributed by atoms with Crippen LogP contribution in [0.4, 0.5) is 5.69 Å². The number of amides is 3. The molecular formula is C24H26ClN5O3S. The molecule has 1 heterocycles. The van der Waals surface area contributed by atoms with E-state index in [-0.39, 0.29) is 28.7 Å². The van der Waals surface area contributed by atoms with Gasteiger partial charge in [0.25, 0.3) is 11.8 Å². The predicted molar refractivity (Wildman–Crippen MR) is 133 cm³/mol. The molecule has 0 aliphatic rings. The van der Waals surface area contributed by atoms with E-state index in [1.165, 1.54) is 4.90 Å². The van der Waals surface area contributed by atoms with Crippen molar-refractivity contribution in [2.45, 2.75) is 38.9 Å². The Labute approximate surface area is 207 Å². The van der Waals surface area contributed by atoms with Crippen LogP contribution in [0.3, 0.4) is 0 Å². The van der Waals surface area contributed by atoms with Crippen LogP contribution in [-0.4, -0.2) is 32.5 Å². The van der Waals surface area contributed by atoms with Crippen molar-refractivity contribution in [2.24, 2.45) is 5.73 Å². The van der Waals surface area contributed by atoms with E-state index in [1.54, 1.807) is 24.3 Å². The number of hydrogen-bond acceptors (Lipinski definition) is 6. The fraction of sp³-hybridized carbons (Fsp3) is 0.250. The summed E-state index contributed by atoms with van der Waals surface area (Å²) >= 11 is 6.85. The Bertz CT molecular complexity index is 1190. The molecule has 0 bridgehead atoms. The van der Waals surface area contributed by atoms with Crippen LogP contribution in [0.2, 0.25) is 5.02 Å². The van der Waals surface area contributed by atoms with Crippen molar-refractivity contribution in [3.8, 4) is 0 Å². The molecule has 0 unspecified atom stereocenters. The van der Waals surface area contributed by atoms with Gasteiger partial charge in [-0.2, -0.15) is 4.37 Å². The van der Waals surface area contributed by atoms with Gasteiger partial charge >= 0.3 is 0 Å². The number of carbonyl (C=O) groups is 3. The first kappa shape index (κ1) is 25.2. The zero-order chi connectivity index (χ0) is 25.0. The van der Waals surface area contributed by atoms with Gasteiger partial charge in [0, 0.05) is 17.1 Å². The first-order chi connectivity index (χ1) is 16.0. The number of hydrogen-bond donors (Lipinski definition) is 3. The highest BCUT2D eigenvalue weighted by Gasteiger charge is 2.36. The van der Waals surface area contributed by atoms with E-state index in [4.69, 9.17) is 23.1 Å². The predicted octanol–water partition coefficient (Wildman–Crippen LogP) is 3.78. The lowest BCUT2D eigenvalue weighted by atomic mass is 10.0. The summed E-state index contributed by atoms with van der Waals surface area (Å²) in [4.78, 5) is 40.5. The molecule has 0 saturated carbocycles. The van der Waals surface area contributed by atoms with Crippen molar-refractivity contribution in [3.63, 3.8) is 0 Å². The Morgan fingerprint density at radius 3 is 2.24 bits per heavy atom. The fourth-order valence-electron chi connectivity index (χ4n) is 3.38. The number of primary amides is 1. The molecule has 3 rings (SSSR count). The molecule has 10 heteroatoms. The number of benzene rings is 2. The number of nitrogen functional groups attached to an aromatic ring is 1. The van der Waals surface area contributed by atoms with Gasteiger partial charge < -0.3 is 21.7 Å². The molecule has 1 aromatic heterocycles. The minimum absolute atomic E-state index is 0.0345. The number of nitrogens with two attached hydrogens (primary N) is 2. The number of carbonyl (C=O) groups excluding carboxylic acids is 3. The first-order valence-corrected chi connectivity index (χ1v) is 11.6. The highest BCUT2D eigenvalue weighted by molar-refractivity contribution is 7.09. The summed E-state index contributed by atoms with van der Waals surface area (Å²) in [6.45, 7) is 5.67. The van der Waals surface area contributed by atoms with Crippen molar-refractivity contribution in [1.82, 2.24) is 14.6 Å². The Morgan fingerprint density at radius 2 is 1.71 bits per heavy atom. The maximum atomic E-state index is 13.8. The van der Waals surface area contributed by atoms with Crippen LogP contribution < -0.4 is 16.8 Å². The Kier molecular flexibility index (Phi) is 7.58. The minimum Gasteiger partial charge on any atom is -0.395 e. The number of nitrogens with one attached hydrogen (secondary N) is 1. The van der Waals surface area contributed by atoms with Gasteiger partial charge in [0.15, 0.2) is 5.69 Å². The standard InChI is InChI=1S/C24H26ClN5O3S/c1-24(2,3)28-22(32)19(15-9-11-16(25)12-10-15)30(13-14-7-5-4-6-8-14)23(33)20-17(26)18(21(27)31)29-34-20/h4-12,19H,13,26H2,1-3H3,(H2,27,31)(H,28,32)/t19-/m1/s1. The molecule has 2 aromatic carbocycles. The maximum Gasteiger partial charge on any atom is 0.270 e. The normalized spacial score (nSPS) is 12.1. The fourth-order valence-corrected chi connectivity index (χ4v) is 4.26. The van der Waals surface area contributed by atoms with Crippen molar-refractivity contribution in [1.29, 1.82) is 0 Å². The van der Waals surface area contributed by atoms with E-state index < -0.39 is 23.4 Å². The highest BCUT2D eigenvalue weighted by Crippen LogP contribution is 2.31. The van der Waals surface area contributed by atoms with E-state index in [0.717, 1.165) is 17.1 Å². The van der Waals surface area contributed by atoms with Gasteiger partial charge in [-0.25, -0.2) is 0 Å². The van der Waals surface area contributed by atoms with E-state index in [0.29, 0.717) is 10.6 Å². The van der Waals surface area contributed by atoms with E-state index in [9.17, 15) is 14.4 Å². The lowest BCUT2D eigenvalue weighted by Crippen LogP contribution is -2.49. The molecule has 8 nitrogen and oxygen atoms in total. The molecule has 178 valence electrons. The van der Waals surface area contributed by atoms with Crippen molar-refractivity contribution < 1.29 is 14.4 Å². The van der Waals surface area contributed by atoms with Gasteiger partial charge in [-0.3, -0.25) is 14.4 Å². The van der Waals surface area contributed by atoms with Crippen LogP contribution in [0.25, 0.3) is 0 Å². The molecule has 0 radical (unpaired) electrons. The molecule has 34 heavy (non-hydrogen) atoms. The molecular weight excluding hydrogens is 474 g/mol. The second-order valence-corrected chi connectivity index (χ2v) is 9.96. The molecule has 0 saturated heterocycles. The third-order valence-electron chi connectivity index (χ3n) is 4.86. The summed E-state index contributed by atoms with van der Waals surface area (Å²) in [7, 11) is 0. The van der Waals surface area contributed by atoms with Gasteiger partial charge in [-0.15, -0.1) is 0 Å². The van der Waals surface area contributed by atoms with Gasteiger partial charge in [-0.1, -0.05) is 54.1 Å². The second kappa shape index (κ2) is 10.2. The van der Waals surface area contributed by atoms with Crippen LogP contribution >= 0.6 is 23.1 Å². The van der Waals surface area contributed by atoms with Crippen molar-refractivity contribution in [2.75, 3.05) is 5.73 Å². The van der Waals surface area contributed by atoms with Gasteiger partial charge in [0.05, 0.1) is 5.69 Å². The third kappa shape index (κ3) is 5.92. The zero-order valence-electron chi connectivity index (χ0n) is 19.0. The molecule has 0 spiro atoms. The maximum absolute atomic E-state index is 13.8. The SMILES string of the molecule is CC(C)(C)NC(=O)[C@@H](c1ccc(Cl)cc1)N(Cc1ccccc1)C(=O)c1snc(C(N)=O)c1N. The average Bonchev–Trinajstić information content (AvgIpc) is 3.15. The van der Waals surface area contributed by atoms with Gasteiger partial charge in [0.2, 0.25) is 5.91 Å². The Balaban J connectivity index is 2.15. The van der Waals surface area contributed by atoms with Gasteiger partial charge in [-0.05, 0) is 55.6 Å². The van der Waals surface area contributed by atoms with Gasteiger partial charge in [0.1, 0.15) is 10.9 Å². The lowest BCUT2D eigenvalue weighted by Gasteiger charge is -2.33. The summed E-state index contributed by atoms with van der Waals surface area (Å²) in [6, 6.07) is 15.0. The molecule has 3 aromatic rings. The number of rotatable bonds is 7. The molecule has 5 N–H and O–H groups in total. The number of aromatic nitrogens is 1. The Morgan fingerprint density at radius 1 is 1.09 bits per heavy atom. The van der Waals surface area contributed by atoms with Crippen LogP contribution in [0.15, 0.2) is 54.6 Å². The second-order valence-electron chi connectivity index (χ2n) is 8.75. The van der Waals surface area contributed by atoms with Crippen molar-refractivity contribution >= 4 is 46.5 Å². The molecule has 0 fully saturated rings. The average molecular weight is 500 g/mol. The van der Waals surface area contributed by atoms with Crippen LogP contribution in [0, 0.1) is 0 Å². The lowest BCUT2D eigenvalue weighted by molar-refractivity contribution is -0.127. The molecule has 3 amide bonds. The first-order valence-electron chi connectivity index (χ1n) is 10.4. The zero-order valence-corrected chi connectivity index (χ0v) is 20.6. The number of anilines is 1. The van der Waals surface area contributed by atoms with Crippen LogP contribution in [0.1, 0.15) is 58.1 Å². The van der Waals surface area contributed by atoms with E-state index in [2.05, 4.69) is 9.69 Å². The number of nitrogens with zero attached hydrogens (tertiary/aromatic N) is 2. The smallest absolute Gasteiger partial charge is 0.270 e. The van der Waals surface area contributed by atoms with Crippen LogP contribution in [0.5, 0.6) is 0 Å². The topological polar surface area (TPSA) is 131 Å². The monoisotopic (exact) mass is 499 g/mol. The summed E-state index contributed by atoms with van der Waals surface area (Å²) in [5.41, 5.74) is 11.9. The Hall–Kier alpha value is -3.43. The van der Waals surface area contributed by atoms with Crippen LogP contribution in [-0.2, 0) is 11.3 Å². The summed E-state index contributed by atoms with van der Waals surface area (Å²) < 4.78 is 3.95. The van der Waals surface area contributed by atoms with E-state index >= 15 is 0 Å². The summed E-state index contributed by atoms with van der Waals surface area (Å²) in [5, 5.41) is 3.46. The largest absolute Gasteiger partial charge is 0.395 e. The van der Waals surface area contributed by atoms with Crippen molar-refractivity contribution in [3.05, 3.63) is 81.3 Å². The summed E-state index contributed by atoms with van der Waals surface area (Å²) in [6.07, 6.45) is 0.